The lowest BCUT2D eigenvalue weighted by molar-refractivity contribution is -0.0207. The van der Waals surface area contributed by atoms with Crippen LogP contribution >= 0.6 is 0 Å². The van der Waals surface area contributed by atoms with Crippen LogP contribution in [0.1, 0.15) is 24.8 Å². The number of fused-ring (bicyclic) bond motifs is 1. The van der Waals surface area contributed by atoms with Crippen LogP contribution in [0.15, 0.2) is 12.7 Å². The Labute approximate surface area is 98.3 Å². The third kappa shape index (κ3) is 1.69. The first-order valence-electron chi connectivity index (χ1n) is 5.70. The number of hydrogen-bond donors (Lipinski definition) is 1. The predicted molar refractivity (Wildman–Crippen MR) is 60.3 cm³/mol. The monoisotopic (exact) mass is 234 g/mol. The van der Waals surface area contributed by atoms with Crippen molar-refractivity contribution in [2.45, 2.75) is 32.1 Å². The smallest absolute Gasteiger partial charge is 0.165 e. The van der Waals surface area contributed by atoms with Crippen molar-refractivity contribution in [3.63, 3.8) is 0 Å². The third-order valence-electron chi connectivity index (χ3n) is 3.14. The molecule has 17 heavy (non-hydrogen) atoms. The SMILES string of the molecule is Cc1ncnc2c1ncn2[C@H]1CC[C@@H](CO)O1. The Bertz CT molecular complexity index is 539. The van der Waals surface area contributed by atoms with Gasteiger partial charge in [-0.25, -0.2) is 15.0 Å². The second-order valence-corrected chi connectivity index (χ2v) is 4.26. The van der Waals surface area contributed by atoms with Gasteiger partial charge in [-0.15, -0.1) is 0 Å². The Hall–Kier alpha value is -1.53. The van der Waals surface area contributed by atoms with E-state index in [1.807, 2.05) is 11.5 Å². The normalized spacial score (nSPS) is 24.6. The minimum Gasteiger partial charge on any atom is -0.394 e. The van der Waals surface area contributed by atoms with Crippen molar-refractivity contribution in [2.24, 2.45) is 0 Å². The summed E-state index contributed by atoms with van der Waals surface area (Å²) >= 11 is 0. The van der Waals surface area contributed by atoms with Crippen LogP contribution in [0.5, 0.6) is 0 Å². The molecule has 6 heteroatoms. The molecule has 1 N–H and O–H groups in total. The van der Waals surface area contributed by atoms with E-state index in [1.165, 1.54) is 6.33 Å². The Kier molecular flexibility index (Phi) is 2.53. The molecular weight excluding hydrogens is 220 g/mol. The Morgan fingerprint density at radius 3 is 3.06 bits per heavy atom. The van der Waals surface area contributed by atoms with E-state index in [4.69, 9.17) is 9.84 Å². The molecule has 2 atom stereocenters. The highest BCUT2D eigenvalue weighted by Crippen LogP contribution is 2.30. The van der Waals surface area contributed by atoms with Crippen LogP contribution in [0.25, 0.3) is 11.2 Å². The molecule has 2 aromatic heterocycles. The average molecular weight is 234 g/mol. The summed E-state index contributed by atoms with van der Waals surface area (Å²) in [6, 6.07) is 0. The fraction of sp³-hybridized carbons (Fsp3) is 0.545. The molecule has 0 aromatic carbocycles. The predicted octanol–water partition coefficient (Wildman–Crippen LogP) is 0.805. The molecule has 2 aromatic rings. The number of hydrogen-bond acceptors (Lipinski definition) is 5. The first-order chi connectivity index (χ1) is 8.29. The van der Waals surface area contributed by atoms with Crippen molar-refractivity contribution >= 4 is 11.2 Å². The molecule has 90 valence electrons. The van der Waals surface area contributed by atoms with E-state index >= 15 is 0 Å². The first-order valence-corrected chi connectivity index (χ1v) is 5.70. The van der Waals surface area contributed by atoms with Crippen molar-refractivity contribution in [2.75, 3.05) is 6.61 Å². The summed E-state index contributed by atoms with van der Waals surface area (Å²) in [6.07, 6.45) is 4.86. The van der Waals surface area contributed by atoms with Gasteiger partial charge in [0.2, 0.25) is 0 Å². The summed E-state index contributed by atoms with van der Waals surface area (Å²) < 4.78 is 7.63. The number of imidazole rings is 1. The largest absolute Gasteiger partial charge is 0.394 e. The summed E-state index contributed by atoms with van der Waals surface area (Å²) in [6.45, 7) is 1.98. The van der Waals surface area contributed by atoms with Gasteiger partial charge < -0.3 is 9.84 Å². The van der Waals surface area contributed by atoms with Gasteiger partial charge in [-0.1, -0.05) is 0 Å². The van der Waals surface area contributed by atoms with Gasteiger partial charge in [-0.05, 0) is 19.8 Å². The fourth-order valence-corrected chi connectivity index (χ4v) is 2.21. The van der Waals surface area contributed by atoms with Crippen LogP contribution < -0.4 is 0 Å². The van der Waals surface area contributed by atoms with Gasteiger partial charge in [0, 0.05) is 0 Å². The highest BCUT2D eigenvalue weighted by molar-refractivity contribution is 5.72. The van der Waals surface area contributed by atoms with Crippen LogP contribution in [0.4, 0.5) is 0 Å². The van der Waals surface area contributed by atoms with Gasteiger partial charge in [0.1, 0.15) is 18.1 Å². The highest BCUT2D eigenvalue weighted by Gasteiger charge is 2.27. The van der Waals surface area contributed by atoms with Crippen LogP contribution in [-0.2, 0) is 4.74 Å². The van der Waals surface area contributed by atoms with E-state index in [-0.39, 0.29) is 18.9 Å². The molecule has 6 nitrogen and oxygen atoms in total. The van der Waals surface area contributed by atoms with Crippen LogP contribution in [0.2, 0.25) is 0 Å². The summed E-state index contributed by atoms with van der Waals surface area (Å²) in [5.74, 6) is 0. The average Bonchev–Trinajstić information content (AvgIpc) is 2.94. The number of rotatable bonds is 2. The van der Waals surface area contributed by atoms with E-state index in [9.17, 15) is 0 Å². The molecule has 3 rings (SSSR count). The van der Waals surface area contributed by atoms with Crippen molar-refractivity contribution in [3.05, 3.63) is 18.3 Å². The lowest BCUT2D eigenvalue weighted by Crippen LogP contribution is -2.14. The molecule has 3 heterocycles. The quantitative estimate of drug-likeness (QED) is 0.832. The zero-order chi connectivity index (χ0) is 11.8. The molecule has 0 saturated carbocycles. The number of aliphatic hydroxyl groups is 1. The fourth-order valence-electron chi connectivity index (χ4n) is 2.21. The van der Waals surface area contributed by atoms with Crippen molar-refractivity contribution < 1.29 is 9.84 Å². The topological polar surface area (TPSA) is 73.1 Å². The summed E-state index contributed by atoms with van der Waals surface area (Å²) in [7, 11) is 0. The molecule has 0 aliphatic carbocycles. The second-order valence-electron chi connectivity index (χ2n) is 4.26. The lowest BCUT2D eigenvalue weighted by Gasteiger charge is -2.13. The van der Waals surface area contributed by atoms with Gasteiger partial charge in [0.05, 0.1) is 24.7 Å². The summed E-state index contributed by atoms with van der Waals surface area (Å²) in [4.78, 5) is 12.7. The number of nitrogens with zero attached hydrogens (tertiary/aromatic N) is 4. The van der Waals surface area contributed by atoms with Gasteiger partial charge in [-0.3, -0.25) is 4.57 Å². The van der Waals surface area contributed by atoms with Gasteiger partial charge in [0.25, 0.3) is 0 Å². The van der Waals surface area contributed by atoms with E-state index in [0.717, 1.165) is 29.7 Å². The van der Waals surface area contributed by atoms with Crippen LogP contribution in [-0.4, -0.2) is 37.3 Å². The molecule has 0 bridgehead atoms. The molecule has 0 radical (unpaired) electrons. The van der Waals surface area contributed by atoms with Crippen molar-refractivity contribution in [1.29, 1.82) is 0 Å². The molecule has 1 fully saturated rings. The lowest BCUT2D eigenvalue weighted by atomic mass is 10.2. The third-order valence-corrected chi connectivity index (χ3v) is 3.14. The van der Waals surface area contributed by atoms with Gasteiger partial charge in [-0.2, -0.15) is 0 Å². The molecule has 1 aliphatic heterocycles. The number of aliphatic hydroxyl groups excluding tert-OH is 1. The van der Waals surface area contributed by atoms with E-state index < -0.39 is 0 Å². The number of ether oxygens (including phenoxy) is 1. The molecule has 0 unspecified atom stereocenters. The van der Waals surface area contributed by atoms with Crippen molar-refractivity contribution in [1.82, 2.24) is 19.5 Å². The van der Waals surface area contributed by atoms with E-state index in [2.05, 4.69) is 15.0 Å². The number of aryl methyl sites for hydroxylation is 1. The maximum absolute atomic E-state index is 9.06. The molecular formula is C11H14N4O2. The zero-order valence-electron chi connectivity index (χ0n) is 9.58. The van der Waals surface area contributed by atoms with Gasteiger partial charge >= 0.3 is 0 Å². The Morgan fingerprint density at radius 1 is 1.41 bits per heavy atom. The Balaban J connectivity index is 1.99. The van der Waals surface area contributed by atoms with Crippen LogP contribution in [0, 0.1) is 6.92 Å². The maximum Gasteiger partial charge on any atom is 0.165 e. The highest BCUT2D eigenvalue weighted by atomic mass is 16.5. The zero-order valence-corrected chi connectivity index (χ0v) is 9.58. The molecule has 1 saturated heterocycles. The molecule has 1 aliphatic rings. The summed E-state index contributed by atoms with van der Waals surface area (Å²) in [5.41, 5.74) is 2.47. The molecule has 0 spiro atoms. The van der Waals surface area contributed by atoms with Crippen molar-refractivity contribution in [3.8, 4) is 0 Å². The second kappa shape index (κ2) is 4.05. The van der Waals surface area contributed by atoms with Gasteiger partial charge in [0.15, 0.2) is 5.65 Å². The molecule has 0 amide bonds. The van der Waals surface area contributed by atoms with Crippen LogP contribution in [0.3, 0.4) is 0 Å². The minimum atomic E-state index is -0.0774. The standard InChI is InChI=1S/C11H14N4O2/c1-7-10-11(13-5-12-7)15(6-14-10)9-3-2-8(4-16)17-9/h5-6,8-9,16H,2-4H2,1H3/t8-,9+/m0/s1. The summed E-state index contributed by atoms with van der Waals surface area (Å²) in [5, 5.41) is 9.06. The Morgan fingerprint density at radius 2 is 2.29 bits per heavy atom. The first kappa shape index (κ1) is 10.6. The maximum atomic E-state index is 9.06. The minimum absolute atomic E-state index is 0.0666. The van der Waals surface area contributed by atoms with E-state index in [0.29, 0.717) is 0 Å². The number of aromatic nitrogens is 4. The van der Waals surface area contributed by atoms with E-state index in [1.54, 1.807) is 6.33 Å².